The maximum Gasteiger partial charge on any atom is 0.118 e. The van der Waals surface area contributed by atoms with Gasteiger partial charge in [0.25, 0.3) is 0 Å². The second-order valence-corrected chi connectivity index (χ2v) is 12.5. The summed E-state index contributed by atoms with van der Waals surface area (Å²) in [5.41, 5.74) is 6.04. The third kappa shape index (κ3) is 3.94. The number of hydrogen-bond acceptors (Lipinski definition) is 5. The van der Waals surface area contributed by atoms with E-state index in [4.69, 9.17) is 0 Å². The van der Waals surface area contributed by atoms with Crippen molar-refractivity contribution in [3.8, 4) is 11.1 Å². The lowest BCUT2D eigenvalue weighted by Gasteiger charge is -2.28. The first-order valence-corrected chi connectivity index (χ1v) is 13.5. The fraction of sp³-hybridized carbons (Fsp3) is 0.500. The van der Waals surface area contributed by atoms with Gasteiger partial charge in [-0.3, -0.25) is 0 Å². The Hall–Kier alpha value is -1.43. The van der Waals surface area contributed by atoms with Crippen LogP contribution in [-0.2, 0) is 0 Å². The molecule has 3 fully saturated rings. The van der Waals surface area contributed by atoms with Gasteiger partial charge in [-0.15, -0.1) is 23.5 Å². The van der Waals surface area contributed by atoms with Crippen LogP contribution in [0.5, 0.6) is 0 Å². The van der Waals surface area contributed by atoms with Gasteiger partial charge in [0.15, 0.2) is 0 Å². The fourth-order valence-corrected chi connectivity index (χ4v) is 7.98. The topological polar surface area (TPSA) is 44.6 Å². The molecule has 31 heavy (non-hydrogen) atoms. The molecule has 2 aromatic carbocycles. The molecular weight excluding hydrogens is 420 g/mol. The van der Waals surface area contributed by atoms with Crippen LogP contribution in [0.25, 0.3) is 11.1 Å². The Balaban J connectivity index is 1.22. The van der Waals surface area contributed by atoms with E-state index in [1.165, 1.54) is 72.3 Å². The predicted octanol–water partition coefficient (Wildman–Crippen LogP) is 6.55. The number of nitrogens with zero attached hydrogens (tertiary/aromatic N) is 1. The summed E-state index contributed by atoms with van der Waals surface area (Å²) in [5.74, 6) is 0. The van der Waals surface area contributed by atoms with Gasteiger partial charge in [0.1, 0.15) is 5.71 Å². The minimum Gasteiger partial charge on any atom is -0.410 e. The molecule has 2 aromatic rings. The van der Waals surface area contributed by atoms with Crippen LogP contribution in [0.3, 0.4) is 0 Å². The molecule has 2 N–H and O–H groups in total. The van der Waals surface area contributed by atoms with Gasteiger partial charge in [-0.25, -0.2) is 0 Å². The lowest BCUT2D eigenvalue weighted by atomic mass is 9.86. The third-order valence-corrected chi connectivity index (χ3v) is 10.4. The largest absolute Gasteiger partial charge is 0.410 e. The van der Waals surface area contributed by atoms with Crippen molar-refractivity contribution < 1.29 is 5.21 Å². The van der Waals surface area contributed by atoms with Crippen molar-refractivity contribution >= 4 is 29.2 Å². The highest BCUT2D eigenvalue weighted by Crippen LogP contribution is 2.57. The van der Waals surface area contributed by atoms with E-state index in [2.05, 4.69) is 46.9 Å². The molecule has 162 valence electrons. The standard InChI is InChI=1S/C26H30N2OS2/c29-28-25-23-15-19(30-17-5-9-26(10-6-17)11-12-26)1-3-21(23)22-4-2-20(16-24(22)25)31-18-7-13-27-14-8-18/h1-4,15-18,27,29H,5-14H2/b28-25+. The van der Waals surface area contributed by atoms with E-state index < -0.39 is 0 Å². The molecule has 0 radical (unpaired) electrons. The zero-order valence-corrected chi connectivity index (χ0v) is 19.5. The Labute approximate surface area is 193 Å². The molecule has 0 bridgehead atoms. The highest BCUT2D eigenvalue weighted by molar-refractivity contribution is 8.00. The predicted molar refractivity (Wildman–Crippen MR) is 131 cm³/mol. The molecule has 6 rings (SSSR count). The van der Waals surface area contributed by atoms with Crippen molar-refractivity contribution in [3.05, 3.63) is 47.5 Å². The number of piperidine rings is 1. The van der Waals surface area contributed by atoms with Gasteiger partial charge in [0.2, 0.25) is 0 Å². The van der Waals surface area contributed by atoms with E-state index in [-0.39, 0.29) is 0 Å². The average Bonchev–Trinajstić information content (AvgIpc) is 3.49. The molecular formula is C26H30N2OS2. The Morgan fingerprint density at radius 3 is 1.81 bits per heavy atom. The second kappa shape index (κ2) is 8.17. The highest BCUT2D eigenvalue weighted by atomic mass is 32.2. The fourth-order valence-electron chi connectivity index (χ4n) is 5.60. The lowest BCUT2D eigenvalue weighted by Crippen LogP contribution is -2.29. The van der Waals surface area contributed by atoms with Gasteiger partial charge in [-0.1, -0.05) is 17.3 Å². The molecule has 1 heterocycles. The summed E-state index contributed by atoms with van der Waals surface area (Å²) in [6, 6.07) is 13.5. The highest BCUT2D eigenvalue weighted by Gasteiger charge is 2.44. The number of rotatable bonds is 4. The van der Waals surface area contributed by atoms with Crippen molar-refractivity contribution in [1.82, 2.24) is 5.32 Å². The van der Waals surface area contributed by atoms with Crippen LogP contribution >= 0.6 is 23.5 Å². The normalized spacial score (nSPS) is 23.8. The summed E-state index contributed by atoms with van der Waals surface area (Å²) in [6.07, 6.45) is 10.9. The van der Waals surface area contributed by atoms with Crippen molar-refractivity contribution in [2.75, 3.05) is 13.1 Å². The van der Waals surface area contributed by atoms with Gasteiger partial charge in [-0.2, -0.15) is 0 Å². The summed E-state index contributed by atoms with van der Waals surface area (Å²) < 4.78 is 0. The molecule has 0 unspecified atom stereocenters. The van der Waals surface area contributed by atoms with Crippen LogP contribution in [0.4, 0.5) is 0 Å². The number of hydrogen-bond donors (Lipinski definition) is 2. The monoisotopic (exact) mass is 450 g/mol. The second-order valence-electron chi connectivity index (χ2n) is 9.75. The molecule has 0 aromatic heterocycles. The number of fused-ring (bicyclic) bond motifs is 3. The average molecular weight is 451 g/mol. The Bertz CT molecular complexity index is 1010. The Kier molecular flexibility index (Phi) is 5.32. The molecule has 1 saturated heterocycles. The summed E-state index contributed by atoms with van der Waals surface area (Å²) in [5, 5.41) is 18.5. The summed E-state index contributed by atoms with van der Waals surface area (Å²) in [6.45, 7) is 2.22. The van der Waals surface area contributed by atoms with Crippen molar-refractivity contribution in [2.24, 2.45) is 10.6 Å². The van der Waals surface area contributed by atoms with Gasteiger partial charge >= 0.3 is 0 Å². The lowest BCUT2D eigenvalue weighted by molar-refractivity contribution is 0.320. The van der Waals surface area contributed by atoms with E-state index >= 15 is 0 Å². The third-order valence-electron chi connectivity index (χ3n) is 7.72. The summed E-state index contributed by atoms with van der Waals surface area (Å²) >= 11 is 4.00. The van der Waals surface area contributed by atoms with Crippen LogP contribution in [0.15, 0.2) is 51.3 Å². The molecule has 3 nitrogen and oxygen atoms in total. The maximum absolute atomic E-state index is 9.91. The first-order chi connectivity index (χ1) is 15.2. The Morgan fingerprint density at radius 2 is 1.29 bits per heavy atom. The van der Waals surface area contributed by atoms with Gasteiger partial charge in [0, 0.05) is 31.4 Å². The van der Waals surface area contributed by atoms with Crippen molar-refractivity contribution in [2.45, 2.75) is 71.7 Å². The molecule has 3 aliphatic carbocycles. The quantitative estimate of drug-likeness (QED) is 0.349. The summed E-state index contributed by atoms with van der Waals surface area (Å²) in [7, 11) is 0. The smallest absolute Gasteiger partial charge is 0.118 e. The van der Waals surface area contributed by atoms with E-state index in [1.54, 1.807) is 0 Å². The van der Waals surface area contributed by atoms with Crippen molar-refractivity contribution in [1.29, 1.82) is 0 Å². The Morgan fingerprint density at radius 1 is 0.742 bits per heavy atom. The number of benzene rings is 2. The number of oxime groups is 1. The molecule has 1 spiro atoms. The van der Waals surface area contributed by atoms with Gasteiger partial charge in [0.05, 0.1) is 0 Å². The van der Waals surface area contributed by atoms with Crippen LogP contribution in [0.2, 0.25) is 0 Å². The van der Waals surface area contributed by atoms with Crippen LogP contribution < -0.4 is 5.32 Å². The SMILES string of the molecule is O/N=C1/c2cc(SC3CCNCC3)ccc2-c2ccc(SC3CCC4(CC3)CC4)cc21. The first kappa shape index (κ1) is 20.2. The molecule has 4 aliphatic rings. The van der Waals surface area contributed by atoms with Crippen LogP contribution in [0, 0.1) is 5.41 Å². The zero-order valence-electron chi connectivity index (χ0n) is 17.9. The van der Waals surface area contributed by atoms with Gasteiger partial charge < -0.3 is 10.5 Å². The van der Waals surface area contributed by atoms with Crippen molar-refractivity contribution in [3.63, 3.8) is 0 Å². The van der Waals surface area contributed by atoms with Crippen LogP contribution in [0.1, 0.15) is 62.5 Å². The van der Waals surface area contributed by atoms with E-state index in [9.17, 15) is 5.21 Å². The minimum atomic E-state index is 0.672. The van der Waals surface area contributed by atoms with Gasteiger partial charge in [-0.05, 0) is 105 Å². The van der Waals surface area contributed by atoms with Crippen LogP contribution in [-0.4, -0.2) is 34.5 Å². The molecule has 5 heteroatoms. The number of nitrogens with one attached hydrogen (secondary N) is 1. The molecule has 2 saturated carbocycles. The molecule has 0 atom stereocenters. The molecule has 1 aliphatic heterocycles. The minimum absolute atomic E-state index is 0.672. The molecule has 0 amide bonds. The van der Waals surface area contributed by atoms with E-state index in [0.717, 1.165) is 40.6 Å². The maximum atomic E-state index is 9.91. The van der Waals surface area contributed by atoms with E-state index in [0.29, 0.717) is 5.25 Å². The first-order valence-electron chi connectivity index (χ1n) is 11.8. The summed E-state index contributed by atoms with van der Waals surface area (Å²) in [4.78, 5) is 2.60. The zero-order chi connectivity index (χ0) is 20.8. The van der Waals surface area contributed by atoms with E-state index in [1.807, 2.05) is 23.5 Å². The number of thioether (sulfide) groups is 2.